The third-order valence-electron chi connectivity index (χ3n) is 6.44. The third kappa shape index (κ3) is 4.43. The van der Waals surface area contributed by atoms with Crippen molar-refractivity contribution in [3.05, 3.63) is 100 Å². The van der Waals surface area contributed by atoms with Gasteiger partial charge in [0.05, 0.1) is 47.8 Å². The molecule has 0 aliphatic carbocycles. The molecule has 2 aromatic heterocycles. The fraction of sp³-hybridized carbons (Fsp3) is 0.250. The number of para-hydroxylation sites is 4. The topological polar surface area (TPSA) is 74.3 Å². The Morgan fingerprint density at radius 3 is 2.08 bits per heavy atom. The highest BCUT2D eigenvalue weighted by Gasteiger charge is 2.18. The van der Waals surface area contributed by atoms with Crippen molar-refractivity contribution in [3.63, 3.8) is 0 Å². The summed E-state index contributed by atoms with van der Waals surface area (Å²) in [6.45, 7) is 2.41. The molecule has 0 radical (unpaired) electrons. The molecule has 0 saturated carbocycles. The van der Waals surface area contributed by atoms with Crippen molar-refractivity contribution in [2.75, 3.05) is 27.7 Å². The molecule has 0 fully saturated rings. The number of carbonyl (C=O) groups is 1. The SMILES string of the molecule is COC(=O)c1ccc(Cn2c(=O)n(Cc3nc4ccccc4n3CCN(C)C)c3ccccc32)cc1. The minimum absolute atomic E-state index is 0.0977. The molecule has 8 heteroatoms. The second kappa shape index (κ2) is 9.83. The van der Waals surface area contributed by atoms with Crippen LogP contribution in [0.15, 0.2) is 77.6 Å². The molecule has 8 nitrogen and oxygen atoms in total. The Labute approximate surface area is 209 Å². The molecular formula is C28H29N5O3. The Bertz CT molecular complexity index is 1590. The van der Waals surface area contributed by atoms with Crippen LogP contribution in [-0.4, -0.2) is 57.3 Å². The summed E-state index contributed by atoms with van der Waals surface area (Å²) in [4.78, 5) is 32.5. The first-order valence-corrected chi connectivity index (χ1v) is 11.9. The van der Waals surface area contributed by atoms with Gasteiger partial charge in [-0.1, -0.05) is 36.4 Å². The number of hydrogen-bond acceptors (Lipinski definition) is 5. The molecule has 0 unspecified atom stereocenters. The van der Waals surface area contributed by atoms with E-state index >= 15 is 0 Å². The van der Waals surface area contributed by atoms with Crippen molar-refractivity contribution in [2.45, 2.75) is 19.6 Å². The number of carbonyl (C=O) groups excluding carboxylic acids is 1. The van der Waals surface area contributed by atoms with Crippen LogP contribution in [0, 0.1) is 0 Å². The summed E-state index contributed by atoms with van der Waals surface area (Å²) in [6, 6.07) is 23.1. The molecule has 5 aromatic rings. The number of aromatic nitrogens is 4. The molecule has 36 heavy (non-hydrogen) atoms. The lowest BCUT2D eigenvalue weighted by Crippen LogP contribution is -2.27. The predicted molar refractivity (Wildman–Crippen MR) is 140 cm³/mol. The minimum Gasteiger partial charge on any atom is -0.465 e. The van der Waals surface area contributed by atoms with Crippen LogP contribution in [0.4, 0.5) is 0 Å². The lowest BCUT2D eigenvalue weighted by Gasteiger charge is -2.13. The Balaban J connectivity index is 1.54. The highest BCUT2D eigenvalue weighted by molar-refractivity contribution is 5.89. The van der Waals surface area contributed by atoms with E-state index in [1.165, 1.54) is 7.11 Å². The smallest absolute Gasteiger partial charge is 0.337 e. The molecule has 0 saturated heterocycles. The van der Waals surface area contributed by atoms with Crippen molar-refractivity contribution in [1.29, 1.82) is 0 Å². The van der Waals surface area contributed by atoms with Crippen LogP contribution in [0.5, 0.6) is 0 Å². The maximum Gasteiger partial charge on any atom is 0.337 e. The summed E-state index contributed by atoms with van der Waals surface area (Å²) in [5.74, 6) is 0.470. The van der Waals surface area contributed by atoms with Gasteiger partial charge in [0, 0.05) is 13.1 Å². The predicted octanol–water partition coefficient (Wildman–Crippen LogP) is 3.60. The van der Waals surface area contributed by atoms with Crippen molar-refractivity contribution >= 4 is 28.0 Å². The number of nitrogens with zero attached hydrogens (tertiary/aromatic N) is 5. The van der Waals surface area contributed by atoms with Crippen molar-refractivity contribution < 1.29 is 9.53 Å². The van der Waals surface area contributed by atoms with Crippen LogP contribution >= 0.6 is 0 Å². The molecule has 5 rings (SSSR count). The lowest BCUT2D eigenvalue weighted by atomic mass is 10.1. The van der Waals surface area contributed by atoms with Gasteiger partial charge in [-0.2, -0.15) is 0 Å². The summed E-state index contributed by atoms with van der Waals surface area (Å²) < 4.78 is 10.6. The van der Waals surface area contributed by atoms with E-state index in [0.29, 0.717) is 18.7 Å². The fourth-order valence-corrected chi connectivity index (χ4v) is 4.56. The van der Waals surface area contributed by atoms with E-state index in [-0.39, 0.29) is 11.7 Å². The van der Waals surface area contributed by atoms with Crippen molar-refractivity contribution in [3.8, 4) is 0 Å². The first-order valence-electron chi connectivity index (χ1n) is 11.9. The number of hydrogen-bond donors (Lipinski definition) is 0. The van der Waals surface area contributed by atoms with Gasteiger partial charge in [-0.15, -0.1) is 0 Å². The van der Waals surface area contributed by atoms with Crippen LogP contribution in [-0.2, 0) is 24.4 Å². The monoisotopic (exact) mass is 483 g/mol. The second-order valence-electron chi connectivity index (χ2n) is 9.10. The van der Waals surface area contributed by atoms with E-state index in [0.717, 1.165) is 46.5 Å². The zero-order chi connectivity index (χ0) is 25.2. The zero-order valence-corrected chi connectivity index (χ0v) is 20.7. The number of fused-ring (bicyclic) bond motifs is 2. The van der Waals surface area contributed by atoms with Gasteiger partial charge in [0.1, 0.15) is 5.82 Å². The van der Waals surface area contributed by atoms with Crippen LogP contribution in [0.2, 0.25) is 0 Å². The molecule has 0 aliphatic rings. The number of esters is 1. The Kier molecular flexibility index (Phi) is 6.43. The van der Waals surface area contributed by atoms with Crippen LogP contribution in [0.1, 0.15) is 21.7 Å². The average Bonchev–Trinajstić information content (AvgIpc) is 3.37. The number of methoxy groups -OCH3 is 1. The normalized spacial score (nSPS) is 11.6. The van der Waals surface area contributed by atoms with Crippen LogP contribution in [0.3, 0.4) is 0 Å². The Hall–Kier alpha value is -4.17. The first kappa shape index (κ1) is 23.6. The molecule has 0 spiro atoms. The van der Waals surface area contributed by atoms with E-state index in [1.807, 2.05) is 54.6 Å². The zero-order valence-electron chi connectivity index (χ0n) is 20.7. The molecule has 184 valence electrons. The quantitative estimate of drug-likeness (QED) is 0.315. The summed E-state index contributed by atoms with van der Waals surface area (Å²) >= 11 is 0. The van der Waals surface area contributed by atoms with Crippen LogP contribution < -0.4 is 5.69 Å². The van der Waals surface area contributed by atoms with Crippen molar-refractivity contribution in [2.24, 2.45) is 0 Å². The molecule has 0 aliphatic heterocycles. The highest BCUT2D eigenvalue weighted by Crippen LogP contribution is 2.20. The van der Waals surface area contributed by atoms with Gasteiger partial charge < -0.3 is 14.2 Å². The van der Waals surface area contributed by atoms with E-state index in [9.17, 15) is 9.59 Å². The largest absolute Gasteiger partial charge is 0.465 e. The van der Waals surface area contributed by atoms with Crippen LogP contribution in [0.25, 0.3) is 22.1 Å². The van der Waals surface area contributed by atoms with Gasteiger partial charge in [0.15, 0.2) is 0 Å². The van der Waals surface area contributed by atoms with Crippen molar-refractivity contribution in [1.82, 2.24) is 23.6 Å². The number of ether oxygens (including phenoxy) is 1. The Morgan fingerprint density at radius 1 is 0.833 bits per heavy atom. The van der Waals surface area contributed by atoms with Gasteiger partial charge in [-0.05, 0) is 56.1 Å². The number of rotatable bonds is 8. The standard InChI is InChI=1S/C28H29N5O3/c1-30(2)16-17-31-23-9-5-4-8-22(23)29-26(31)19-33-25-11-7-6-10-24(25)32(28(33)35)18-20-12-14-21(15-13-20)27(34)36-3/h4-15H,16-19H2,1-3H3. The molecular weight excluding hydrogens is 454 g/mol. The van der Waals surface area contributed by atoms with Gasteiger partial charge >= 0.3 is 11.7 Å². The molecule has 0 bridgehead atoms. The number of likely N-dealkylation sites (N-methyl/N-ethyl adjacent to an activating group) is 1. The summed E-state index contributed by atoms with van der Waals surface area (Å²) in [6.07, 6.45) is 0. The lowest BCUT2D eigenvalue weighted by molar-refractivity contribution is 0.0600. The molecule has 0 atom stereocenters. The van der Waals surface area contributed by atoms with E-state index in [4.69, 9.17) is 9.72 Å². The van der Waals surface area contributed by atoms with Gasteiger partial charge in [0.2, 0.25) is 0 Å². The van der Waals surface area contributed by atoms with E-state index < -0.39 is 0 Å². The maximum absolute atomic E-state index is 13.7. The summed E-state index contributed by atoms with van der Waals surface area (Å²) in [5, 5.41) is 0. The van der Waals surface area contributed by atoms with Gasteiger partial charge in [0.25, 0.3) is 0 Å². The van der Waals surface area contributed by atoms with E-state index in [1.54, 1.807) is 21.3 Å². The average molecular weight is 484 g/mol. The number of benzene rings is 3. The summed E-state index contributed by atoms with van der Waals surface area (Å²) in [7, 11) is 5.46. The Morgan fingerprint density at radius 2 is 1.44 bits per heavy atom. The molecule has 0 N–H and O–H groups in total. The highest BCUT2D eigenvalue weighted by atomic mass is 16.5. The maximum atomic E-state index is 13.7. The number of imidazole rings is 2. The first-order chi connectivity index (χ1) is 17.5. The molecule has 0 amide bonds. The molecule has 3 aromatic carbocycles. The van der Waals surface area contributed by atoms with E-state index in [2.05, 4.69) is 29.6 Å². The van der Waals surface area contributed by atoms with Gasteiger partial charge in [-0.25, -0.2) is 14.6 Å². The van der Waals surface area contributed by atoms with Gasteiger partial charge in [-0.3, -0.25) is 9.13 Å². The summed E-state index contributed by atoms with van der Waals surface area (Å²) in [5.41, 5.74) is 5.01. The minimum atomic E-state index is -0.382. The molecule has 2 heterocycles. The second-order valence-corrected chi connectivity index (χ2v) is 9.10. The fourth-order valence-electron chi connectivity index (χ4n) is 4.56. The third-order valence-corrected chi connectivity index (χ3v) is 6.44.